The number of aromatic nitrogens is 1. The third-order valence-electron chi connectivity index (χ3n) is 4.85. The molecule has 0 fully saturated rings. The van der Waals surface area contributed by atoms with Crippen molar-refractivity contribution in [3.63, 3.8) is 0 Å². The van der Waals surface area contributed by atoms with Crippen molar-refractivity contribution in [1.29, 1.82) is 0 Å². The summed E-state index contributed by atoms with van der Waals surface area (Å²) in [6.07, 6.45) is 3.92. The fourth-order valence-electron chi connectivity index (χ4n) is 4.03. The third-order valence-corrected chi connectivity index (χ3v) is 5.35. The molecule has 0 unspecified atom stereocenters. The van der Waals surface area contributed by atoms with E-state index in [1.807, 2.05) is 0 Å². The first-order valence-corrected chi connectivity index (χ1v) is 8.13. The predicted octanol–water partition coefficient (Wildman–Crippen LogP) is 4.12. The van der Waals surface area contributed by atoms with Crippen molar-refractivity contribution in [2.75, 3.05) is 13.1 Å². The molecule has 3 heteroatoms. The van der Waals surface area contributed by atoms with Crippen LogP contribution in [-0.4, -0.2) is 22.6 Å². The van der Waals surface area contributed by atoms with Crippen LogP contribution in [0.4, 0.5) is 0 Å². The van der Waals surface area contributed by atoms with Gasteiger partial charge in [0.05, 0.1) is 6.04 Å². The Hall–Kier alpha value is -0.800. The van der Waals surface area contributed by atoms with Crippen molar-refractivity contribution >= 4 is 26.8 Å². The van der Waals surface area contributed by atoms with Crippen LogP contribution in [0.2, 0.25) is 0 Å². The highest BCUT2D eigenvalue weighted by molar-refractivity contribution is 9.10. The van der Waals surface area contributed by atoms with Gasteiger partial charge < -0.3 is 4.57 Å². The summed E-state index contributed by atoms with van der Waals surface area (Å²) in [6, 6.07) is 7.44. The van der Waals surface area contributed by atoms with Crippen LogP contribution in [0.15, 0.2) is 22.7 Å². The van der Waals surface area contributed by atoms with Crippen LogP contribution >= 0.6 is 15.9 Å². The second-order valence-electron chi connectivity index (χ2n) is 5.71. The van der Waals surface area contributed by atoms with E-state index < -0.39 is 0 Å². The number of halogens is 1. The Balaban J connectivity index is 2.01. The van der Waals surface area contributed by atoms with Gasteiger partial charge in [0.1, 0.15) is 0 Å². The summed E-state index contributed by atoms with van der Waals surface area (Å²) in [5, 5.41) is 1.48. The molecule has 1 aliphatic carbocycles. The van der Waals surface area contributed by atoms with Crippen molar-refractivity contribution in [2.45, 2.75) is 38.8 Å². The summed E-state index contributed by atoms with van der Waals surface area (Å²) in [6.45, 7) is 5.82. The SMILES string of the molecule is CCN1CCn2c3c(c4cc(Br)ccc42)CCC[C@H]31. The molecule has 2 nitrogen and oxygen atoms in total. The lowest BCUT2D eigenvalue weighted by Crippen LogP contribution is -2.39. The maximum atomic E-state index is 3.63. The predicted molar refractivity (Wildman–Crippen MR) is 82.6 cm³/mol. The molecule has 2 aliphatic rings. The highest BCUT2D eigenvalue weighted by Crippen LogP contribution is 2.42. The Kier molecular flexibility index (Phi) is 2.75. The lowest BCUT2D eigenvalue weighted by molar-refractivity contribution is 0.149. The van der Waals surface area contributed by atoms with Gasteiger partial charge in [0, 0.05) is 34.2 Å². The molecule has 1 atom stereocenters. The van der Waals surface area contributed by atoms with Gasteiger partial charge >= 0.3 is 0 Å². The molecule has 1 aliphatic heterocycles. The van der Waals surface area contributed by atoms with E-state index in [0.717, 1.165) is 6.54 Å². The fourth-order valence-corrected chi connectivity index (χ4v) is 4.39. The zero-order valence-electron chi connectivity index (χ0n) is 11.3. The molecule has 0 saturated heterocycles. The topological polar surface area (TPSA) is 8.17 Å². The molecule has 100 valence electrons. The van der Waals surface area contributed by atoms with Gasteiger partial charge in [-0.3, -0.25) is 4.90 Å². The Morgan fingerprint density at radius 1 is 1.32 bits per heavy atom. The lowest BCUT2D eigenvalue weighted by Gasteiger charge is -2.39. The van der Waals surface area contributed by atoms with Gasteiger partial charge in [-0.1, -0.05) is 22.9 Å². The molecule has 0 radical (unpaired) electrons. The first-order chi connectivity index (χ1) is 9.29. The van der Waals surface area contributed by atoms with Crippen LogP contribution in [0.3, 0.4) is 0 Å². The van der Waals surface area contributed by atoms with E-state index in [-0.39, 0.29) is 0 Å². The molecule has 2 heterocycles. The van der Waals surface area contributed by atoms with E-state index in [0.29, 0.717) is 6.04 Å². The molecule has 0 spiro atoms. The Bertz CT molecular complexity index is 644. The first kappa shape index (κ1) is 12.0. The minimum absolute atomic E-state index is 0.661. The average Bonchev–Trinajstić information content (AvgIpc) is 2.75. The molecular formula is C16H19BrN2. The molecule has 0 bridgehead atoms. The molecular weight excluding hydrogens is 300 g/mol. The molecule has 1 aromatic heterocycles. The highest BCUT2D eigenvalue weighted by atomic mass is 79.9. The van der Waals surface area contributed by atoms with Crippen LogP contribution in [0.5, 0.6) is 0 Å². The van der Waals surface area contributed by atoms with E-state index in [4.69, 9.17) is 0 Å². The summed E-state index contributed by atoms with van der Waals surface area (Å²) in [5.74, 6) is 0. The molecule has 1 aromatic carbocycles. The number of hydrogen-bond donors (Lipinski definition) is 0. The minimum atomic E-state index is 0.661. The minimum Gasteiger partial charge on any atom is -0.342 e. The molecule has 4 rings (SSSR count). The summed E-state index contributed by atoms with van der Waals surface area (Å²) >= 11 is 3.63. The maximum absolute atomic E-state index is 3.63. The van der Waals surface area contributed by atoms with Gasteiger partial charge in [0.15, 0.2) is 0 Å². The zero-order chi connectivity index (χ0) is 13.0. The smallest absolute Gasteiger partial charge is 0.0504 e. The summed E-state index contributed by atoms with van der Waals surface area (Å²) in [5.41, 5.74) is 4.68. The standard InChI is InChI=1S/C16H19BrN2/c1-2-18-8-9-19-14-7-6-11(17)10-13(14)12-4-3-5-15(18)16(12)19/h6-7,10,15H,2-5,8-9H2,1H3/t15-/m1/s1. The molecule has 0 amide bonds. The van der Waals surface area contributed by atoms with E-state index in [9.17, 15) is 0 Å². The number of aryl methyl sites for hydroxylation is 1. The number of likely N-dealkylation sites (N-methyl/N-ethyl adjacent to an activating group) is 1. The van der Waals surface area contributed by atoms with Gasteiger partial charge in [0.2, 0.25) is 0 Å². The fraction of sp³-hybridized carbons (Fsp3) is 0.500. The van der Waals surface area contributed by atoms with Crippen molar-refractivity contribution in [3.8, 4) is 0 Å². The molecule has 19 heavy (non-hydrogen) atoms. The highest BCUT2D eigenvalue weighted by Gasteiger charge is 2.33. The number of nitrogens with zero attached hydrogens (tertiary/aromatic N) is 2. The third kappa shape index (κ3) is 1.64. The first-order valence-electron chi connectivity index (χ1n) is 7.34. The number of benzene rings is 1. The van der Waals surface area contributed by atoms with Crippen LogP contribution in [0.1, 0.15) is 37.1 Å². The molecule has 0 N–H and O–H groups in total. The van der Waals surface area contributed by atoms with Gasteiger partial charge in [-0.25, -0.2) is 0 Å². The monoisotopic (exact) mass is 318 g/mol. The summed E-state index contributed by atoms with van der Waals surface area (Å²) < 4.78 is 3.79. The second-order valence-corrected chi connectivity index (χ2v) is 6.63. The van der Waals surface area contributed by atoms with Crippen molar-refractivity contribution < 1.29 is 0 Å². The number of rotatable bonds is 1. The maximum Gasteiger partial charge on any atom is 0.0504 e. The molecule has 2 aromatic rings. The van der Waals surface area contributed by atoms with E-state index in [1.165, 1.54) is 47.7 Å². The van der Waals surface area contributed by atoms with Crippen molar-refractivity contribution in [3.05, 3.63) is 33.9 Å². The number of fused-ring (bicyclic) bond motifs is 3. The van der Waals surface area contributed by atoms with Crippen LogP contribution in [-0.2, 0) is 13.0 Å². The Labute approximate surface area is 122 Å². The van der Waals surface area contributed by atoms with Gasteiger partial charge in [-0.15, -0.1) is 0 Å². The number of hydrogen-bond acceptors (Lipinski definition) is 1. The van der Waals surface area contributed by atoms with Crippen LogP contribution < -0.4 is 0 Å². The largest absolute Gasteiger partial charge is 0.342 e. The summed E-state index contributed by atoms with van der Waals surface area (Å²) in [7, 11) is 0. The molecule has 0 saturated carbocycles. The van der Waals surface area contributed by atoms with Crippen molar-refractivity contribution in [1.82, 2.24) is 9.47 Å². The average molecular weight is 319 g/mol. The zero-order valence-corrected chi connectivity index (χ0v) is 12.9. The van der Waals surface area contributed by atoms with Crippen LogP contribution in [0.25, 0.3) is 10.9 Å². The Morgan fingerprint density at radius 2 is 2.21 bits per heavy atom. The van der Waals surface area contributed by atoms with Gasteiger partial charge in [-0.05, 0) is 49.6 Å². The van der Waals surface area contributed by atoms with Gasteiger partial charge in [-0.2, -0.15) is 0 Å². The van der Waals surface area contributed by atoms with Crippen LogP contribution in [0, 0.1) is 0 Å². The summed E-state index contributed by atoms with van der Waals surface area (Å²) in [4.78, 5) is 2.66. The van der Waals surface area contributed by atoms with E-state index in [1.54, 1.807) is 11.3 Å². The van der Waals surface area contributed by atoms with Gasteiger partial charge in [0.25, 0.3) is 0 Å². The normalized spacial score (nSPS) is 22.7. The lowest BCUT2D eigenvalue weighted by atomic mass is 9.90. The van der Waals surface area contributed by atoms with Crippen molar-refractivity contribution in [2.24, 2.45) is 0 Å². The van der Waals surface area contributed by atoms with E-state index in [2.05, 4.69) is 50.5 Å². The van der Waals surface area contributed by atoms with E-state index >= 15 is 0 Å². The Morgan fingerprint density at radius 3 is 3.05 bits per heavy atom. The quantitative estimate of drug-likeness (QED) is 0.768. The second kappa shape index (κ2) is 4.35.